The van der Waals surface area contributed by atoms with Gasteiger partial charge >= 0.3 is 73.7 Å². The predicted octanol–water partition coefficient (Wildman–Crippen LogP) is 23.0. The van der Waals surface area contributed by atoms with E-state index >= 15 is 0 Å². The minimum atomic E-state index is -0.702. The average molecular weight is 1770 g/mol. The summed E-state index contributed by atoms with van der Waals surface area (Å²) in [6, 6.07) is 111. The van der Waals surface area contributed by atoms with Gasteiger partial charge in [0.1, 0.15) is 45.1 Å². The maximum Gasteiger partial charge on any atom is 2.00 e. The number of benzene rings is 14. The van der Waals surface area contributed by atoms with E-state index in [4.69, 9.17) is 30.3 Å². The van der Waals surface area contributed by atoms with Crippen molar-refractivity contribution >= 4 is 161 Å². The summed E-state index contributed by atoms with van der Waals surface area (Å²) in [6.45, 7) is 22.9. The molecule has 0 unspecified atom stereocenters. The molecule has 14 aromatic carbocycles. The third kappa shape index (κ3) is 22.6. The van der Waals surface area contributed by atoms with Crippen molar-refractivity contribution in [1.29, 1.82) is 0 Å². The third-order valence-corrected chi connectivity index (χ3v) is 25.3. The van der Waals surface area contributed by atoms with Crippen LogP contribution >= 0.6 is 0 Å². The van der Waals surface area contributed by atoms with Crippen LogP contribution in [0.4, 0.5) is 0 Å². The van der Waals surface area contributed by atoms with Crippen molar-refractivity contribution in [1.82, 2.24) is 19.9 Å². The van der Waals surface area contributed by atoms with Crippen LogP contribution in [0.25, 0.3) is 109 Å². The summed E-state index contributed by atoms with van der Waals surface area (Å²) < 4.78 is 46.7. The molecule has 0 aliphatic heterocycles. The summed E-state index contributed by atoms with van der Waals surface area (Å²) in [7, 11) is 0. The number of nitrogens with zero attached hydrogens (tertiary/aromatic N) is 4. The van der Waals surface area contributed by atoms with Crippen LogP contribution in [-0.2, 0) is 5.41 Å². The maximum absolute atomic E-state index is 11.8. The molecule has 0 saturated heterocycles. The summed E-state index contributed by atoms with van der Waals surface area (Å²) >= 11 is -2.57. The molecule has 2 N–H and O–H groups in total. The van der Waals surface area contributed by atoms with Crippen molar-refractivity contribution in [3.63, 3.8) is 0 Å². The Kier molecular flexibility index (Phi) is 30.0. The second-order valence-electron chi connectivity index (χ2n) is 32.4. The summed E-state index contributed by atoms with van der Waals surface area (Å²) in [4.78, 5) is 24.6. The fraction of sp³-hybridized carbons (Fsp3) is 0.109. The van der Waals surface area contributed by atoms with Crippen LogP contribution in [0, 0.1) is 62.3 Å². The standard InChI is InChI=1S/C21H18O.2C13H9NO.4C10H9NO.2C8H10O.C7H8O.4Al.Be/c1-21(2)19-6-4-3-5-17(19)18-12-9-15(13-20(18)21)14-7-10-16(22)11-8-14;2*15-11-5-1-3-9-6-7-10-4-2-8-14-13(10)12(9)11;4*1-7-5-6-8-3-2-4-9(12)10(8)11-7;1-6-3-7(2)5-8(9)4-6;1-6-3-4-8(9)5-7(6)2;1-6-2-4-7(8)5-3-6;;;;;/h3-13,22H,1-2H3;2*1-8,15H;4*2-6,12H,1H3;2*3-5,9H,1-2H3;2-5,8H,1H3;;;;;/q;;;;;;;;;;5*+2/p-8. The van der Waals surface area contributed by atoms with Gasteiger partial charge in [0.25, 0.3) is 0 Å². The molecule has 0 spiro atoms. The minimum Gasteiger partial charge on any atom is -0.872 e. The first-order valence-electron chi connectivity index (χ1n) is 42.8. The van der Waals surface area contributed by atoms with Crippen molar-refractivity contribution in [3.8, 4) is 79.7 Å². The third-order valence-electron chi connectivity index (χ3n) is 22.5. The van der Waals surface area contributed by atoms with E-state index in [1.54, 1.807) is 24.3 Å². The quantitative estimate of drug-likeness (QED) is 0.0616. The fourth-order valence-electron chi connectivity index (χ4n) is 15.7. The molecule has 20 aromatic rings. The van der Waals surface area contributed by atoms with Crippen LogP contribution in [-0.4, -0.2) is 93.6 Å². The normalized spacial score (nSPS) is 11.2. The molecule has 0 fully saturated rings. The molecule has 0 bridgehead atoms. The molecule has 1 aliphatic carbocycles. The average Bonchev–Trinajstić information content (AvgIpc) is 1.57. The summed E-state index contributed by atoms with van der Waals surface area (Å²) in [5.74, 6) is 6.58. The molecule has 0 amide bonds. The number of rotatable bonds is 17. The van der Waals surface area contributed by atoms with Crippen LogP contribution in [0.3, 0.4) is 0 Å². The second-order valence-corrected chi connectivity index (χ2v) is 35.1. The first kappa shape index (κ1) is 92.1. The molecule has 131 heavy (non-hydrogen) atoms. The monoisotopic (exact) mass is 1770 g/mol. The van der Waals surface area contributed by atoms with Gasteiger partial charge in [-0.1, -0.05) is 225 Å². The topological polar surface area (TPSA) is 200 Å². The van der Waals surface area contributed by atoms with E-state index in [-0.39, 0.29) is 27.0 Å². The minimum absolute atomic E-state index is 0. The smallest absolute Gasteiger partial charge is 0.872 e. The van der Waals surface area contributed by atoms with Gasteiger partial charge in [0.05, 0.1) is 23.0 Å². The molecule has 21 heteroatoms. The number of aryl methyl sites for hydroxylation is 9. The zero-order valence-electron chi connectivity index (χ0n) is 74.8. The molecule has 21 rings (SSSR count). The summed E-state index contributed by atoms with van der Waals surface area (Å²) in [6.07, 6.45) is 3.68. The van der Waals surface area contributed by atoms with Crippen LogP contribution in [0.5, 0.6) is 57.5 Å². The molecule has 1 aliphatic rings. The Bertz CT molecular complexity index is 7350. The van der Waals surface area contributed by atoms with Crippen molar-refractivity contribution in [2.24, 2.45) is 0 Å². The SMILES string of the molecule is Cc1cc(C)cc([O][Al][O]c2cccc3ccc(C)nc23)c1.Cc1ccc([O][Al][O]c2cccc3ccc(C)nc23)cc1.Cc1ccc2cccc([O][Al][O]c3ccc(-c4ccc5c(c4)C(C)(C)c4ccccc4-5)cc3)c2n1.Cc1ccc2cccc([O][Al][O]c3ccc(C)c(C)c3)c2n1.[Be+2].[O-]c1cccc2ccc3ccc[nH+]c3c12.[O-]c1cccc2ccc3ccc[nH+]c3c12. The second kappa shape index (κ2) is 42.7. The number of para-hydroxylation sites is 4. The van der Waals surface area contributed by atoms with Crippen molar-refractivity contribution in [3.05, 3.63) is 408 Å². The fourth-order valence-corrected chi connectivity index (χ4v) is 18.1. The zero-order chi connectivity index (χ0) is 90.2. The maximum atomic E-state index is 11.8. The number of H-pyrrole nitrogens is 2. The van der Waals surface area contributed by atoms with Gasteiger partial charge in [0, 0.05) is 83.4 Å². The molecular formula is C110H92Al4BeN6O10+2. The number of fused-ring (bicyclic) bond motifs is 13. The Hall–Kier alpha value is -13.6. The van der Waals surface area contributed by atoms with Crippen LogP contribution < -0.4 is 50.5 Å². The molecule has 0 atom stereocenters. The number of pyridine rings is 6. The number of hydrogen-bond acceptors (Lipinski definition) is 14. The molecule has 634 valence electrons. The van der Waals surface area contributed by atoms with E-state index in [2.05, 4.69) is 169 Å². The van der Waals surface area contributed by atoms with E-state index in [0.29, 0.717) is 0 Å². The number of nitrogens with one attached hydrogen (secondary N) is 2. The molecule has 16 nitrogen and oxygen atoms in total. The van der Waals surface area contributed by atoms with Crippen molar-refractivity contribution in [2.75, 3.05) is 0 Å². The summed E-state index contributed by atoms with van der Waals surface area (Å²) in [5.41, 5.74) is 23.2. The molecule has 0 saturated carbocycles. The molecular weight excluding hydrogens is 1680 g/mol. The van der Waals surface area contributed by atoms with E-state index in [9.17, 15) is 10.2 Å². The Labute approximate surface area is 793 Å². The van der Waals surface area contributed by atoms with Crippen LogP contribution in [0.15, 0.2) is 346 Å². The van der Waals surface area contributed by atoms with Gasteiger partial charge in [-0.05, 0) is 256 Å². The van der Waals surface area contributed by atoms with Gasteiger partial charge in [-0.25, -0.2) is 29.9 Å². The van der Waals surface area contributed by atoms with Crippen LogP contribution in [0.1, 0.15) is 75.6 Å². The van der Waals surface area contributed by atoms with E-state index in [1.165, 1.54) is 61.2 Å². The van der Waals surface area contributed by atoms with Crippen molar-refractivity contribution < 1.29 is 50.5 Å². The van der Waals surface area contributed by atoms with Gasteiger partial charge < -0.3 is 40.5 Å². The Morgan fingerprint density at radius 1 is 0.267 bits per heavy atom. The Balaban J connectivity index is 0.000000123. The first-order chi connectivity index (χ1) is 63.2. The molecule has 4 radical (unpaired) electrons. The Morgan fingerprint density at radius 2 is 0.626 bits per heavy atom. The van der Waals surface area contributed by atoms with Gasteiger partial charge in [0.15, 0.2) is 12.4 Å². The van der Waals surface area contributed by atoms with Gasteiger partial charge in [-0.3, -0.25) is 0 Å². The number of aromatic nitrogens is 6. The van der Waals surface area contributed by atoms with Gasteiger partial charge in [-0.15, -0.1) is 0 Å². The van der Waals surface area contributed by atoms with E-state index in [1.807, 2.05) is 258 Å². The van der Waals surface area contributed by atoms with Crippen LogP contribution in [0.2, 0.25) is 0 Å². The van der Waals surface area contributed by atoms with Gasteiger partial charge in [-0.2, -0.15) is 0 Å². The number of hydrogen-bond donors (Lipinski definition) is 0. The predicted molar refractivity (Wildman–Crippen MR) is 527 cm³/mol. The van der Waals surface area contributed by atoms with Crippen molar-refractivity contribution in [2.45, 2.75) is 81.6 Å². The molecule has 6 heterocycles. The zero-order valence-corrected chi connectivity index (χ0v) is 79.4. The first-order valence-corrected chi connectivity index (χ1v) is 46.6. The number of aromatic amines is 2. The summed E-state index contributed by atoms with van der Waals surface area (Å²) in [5, 5.41) is 33.5. The van der Waals surface area contributed by atoms with E-state index in [0.717, 1.165) is 156 Å². The largest absolute Gasteiger partial charge is 2.00 e. The van der Waals surface area contributed by atoms with Gasteiger partial charge in [0.2, 0.25) is 11.0 Å². The van der Waals surface area contributed by atoms with E-state index < -0.39 is 63.5 Å². The molecule has 6 aromatic heterocycles. The Morgan fingerprint density at radius 3 is 1.07 bits per heavy atom.